The lowest BCUT2D eigenvalue weighted by Crippen LogP contribution is -2.26. The zero-order valence-corrected chi connectivity index (χ0v) is 49.3. The fraction of sp³-hybridized carbons (Fsp3) is 0.0824. The second-order valence-corrected chi connectivity index (χ2v) is 25.2. The predicted octanol–water partition coefficient (Wildman–Crippen LogP) is 22.6. The van der Waals surface area contributed by atoms with Crippen LogP contribution in [0.2, 0.25) is 0 Å². The first-order valence-corrected chi connectivity index (χ1v) is 30.6. The van der Waals surface area contributed by atoms with Crippen LogP contribution in [0.15, 0.2) is 303 Å². The SMILES string of the molecule is CC1(C)c2ccccc2-c2ccc(N(c3ccc(-c4ccccc4)cc3)c3cc(-c4cccc5c4C4(c6ccccc6-c6ccccc64)c4ccccc4-5)cc(N(c4ccc(-c5ccccc5)cc4)c4ccc5c(c4)C(C)(C)c4ccccc4-5)c3)cc21. The van der Waals surface area contributed by atoms with Gasteiger partial charge in [-0.25, -0.2) is 0 Å². The van der Waals surface area contributed by atoms with Crippen molar-refractivity contribution >= 4 is 34.1 Å². The van der Waals surface area contributed by atoms with Gasteiger partial charge in [-0.05, 0) is 189 Å². The molecule has 2 heteroatoms. The van der Waals surface area contributed by atoms with Crippen molar-refractivity contribution in [2.45, 2.75) is 43.9 Å². The summed E-state index contributed by atoms with van der Waals surface area (Å²) < 4.78 is 0. The molecule has 0 aromatic heterocycles. The minimum absolute atomic E-state index is 0.219. The molecule has 0 saturated heterocycles. The van der Waals surface area contributed by atoms with Crippen molar-refractivity contribution in [3.05, 3.63) is 348 Å². The summed E-state index contributed by atoms with van der Waals surface area (Å²) in [6, 6.07) is 114. The van der Waals surface area contributed by atoms with E-state index in [0.717, 1.165) is 39.7 Å². The second-order valence-electron chi connectivity index (χ2n) is 25.2. The van der Waals surface area contributed by atoms with E-state index in [1.807, 2.05) is 0 Å². The molecule has 87 heavy (non-hydrogen) atoms. The number of nitrogens with zero attached hydrogens (tertiary/aromatic N) is 2. The minimum atomic E-state index is -0.576. The lowest BCUT2D eigenvalue weighted by Gasteiger charge is -2.34. The molecule has 17 rings (SSSR count). The third-order valence-electron chi connectivity index (χ3n) is 19.9. The molecule has 0 aliphatic heterocycles. The number of anilines is 6. The van der Waals surface area contributed by atoms with Crippen LogP contribution in [0.5, 0.6) is 0 Å². The molecular formula is C85H62N2. The van der Waals surface area contributed by atoms with Gasteiger partial charge in [-0.3, -0.25) is 0 Å². The summed E-state index contributed by atoms with van der Waals surface area (Å²) in [6.45, 7) is 9.55. The number of hydrogen-bond donors (Lipinski definition) is 0. The van der Waals surface area contributed by atoms with Crippen LogP contribution < -0.4 is 9.80 Å². The van der Waals surface area contributed by atoms with E-state index in [4.69, 9.17) is 0 Å². The van der Waals surface area contributed by atoms with Gasteiger partial charge in [0.25, 0.3) is 0 Å². The smallest absolute Gasteiger partial charge is 0.0731 e. The van der Waals surface area contributed by atoms with Crippen molar-refractivity contribution in [1.29, 1.82) is 0 Å². The summed E-state index contributed by atoms with van der Waals surface area (Å²) in [6.07, 6.45) is 0. The van der Waals surface area contributed by atoms with Crippen molar-refractivity contribution in [2.75, 3.05) is 9.80 Å². The summed E-state index contributed by atoms with van der Waals surface area (Å²) in [5, 5.41) is 0. The molecule has 0 saturated carbocycles. The van der Waals surface area contributed by atoms with E-state index in [-0.39, 0.29) is 10.8 Å². The lowest BCUT2D eigenvalue weighted by molar-refractivity contribution is 0.660. The fourth-order valence-corrected chi connectivity index (χ4v) is 15.8. The highest BCUT2D eigenvalue weighted by molar-refractivity contribution is 6.00. The number of rotatable bonds is 9. The zero-order chi connectivity index (χ0) is 58.2. The van der Waals surface area contributed by atoms with Crippen LogP contribution >= 0.6 is 0 Å². The Morgan fingerprint density at radius 3 is 0.931 bits per heavy atom. The van der Waals surface area contributed by atoms with Gasteiger partial charge in [-0.1, -0.05) is 264 Å². The van der Waals surface area contributed by atoms with E-state index in [0.29, 0.717) is 0 Å². The second kappa shape index (κ2) is 19.2. The summed E-state index contributed by atoms with van der Waals surface area (Å²) in [5.41, 5.74) is 33.5. The molecule has 0 heterocycles. The first kappa shape index (κ1) is 50.9. The van der Waals surface area contributed by atoms with Gasteiger partial charge >= 0.3 is 0 Å². The summed E-state index contributed by atoms with van der Waals surface area (Å²) in [7, 11) is 0. The third kappa shape index (κ3) is 7.54. The van der Waals surface area contributed by atoms with Gasteiger partial charge in [0.1, 0.15) is 0 Å². The lowest BCUT2D eigenvalue weighted by atomic mass is 9.68. The molecule has 0 radical (unpaired) electrons. The van der Waals surface area contributed by atoms with Gasteiger partial charge < -0.3 is 9.80 Å². The molecule has 1 spiro atoms. The summed E-state index contributed by atoms with van der Waals surface area (Å²) >= 11 is 0. The predicted molar refractivity (Wildman–Crippen MR) is 364 cm³/mol. The number of benzene rings is 13. The normalized spacial score (nSPS) is 14.3. The quantitative estimate of drug-likeness (QED) is 0.142. The fourth-order valence-electron chi connectivity index (χ4n) is 15.8. The molecule has 13 aromatic rings. The van der Waals surface area contributed by atoms with Gasteiger partial charge in [0.05, 0.1) is 5.41 Å². The topological polar surface area (TPSA) is 6.48 Å². The molecule has 0 N–H and O–H groups in total. The first-order chi connectivity index (χ1) is 42.7. The molecule has 0 amide bonds. The Labute approximate surface area is 510 Å². The first-order valence-electron chi connectivity index (χ1n) is 30.6. The van der Waals surface area contributed by atoms with E-state index in [1.165, 1.54) is 117 Å². The van der Waals surface area contributed by atoms with Crippen LogP contribution in [0.4, 0.5) is 34.1 Å². The Morgan fingerprint density at radius 2 is 0.506 bits per heavy atom. The monoisotopic (exact) mass is 1110 g/mol. The molecule has 412 valence electrons. The van der Waals surface area contributed by atoms with Crippen LogP contribution in [-0.2, 0) is 16.2 Å². The van der Waals surface area contributed by atoms with Crippen molar-refractivity contribution in [3.63, 3.8) is 0 Å². The highest BCUT2D eigenvalue weighted by Gasteiger charge is 2.53. The molecule has 2 nitrogen and oxygen atoms in total. The van der Waals surface area contributed by atoms with Crippen LogP contribution in [-0.4, -0.2) is 0 Å². The molecule has 4 aliphatic rings. The molecule has 0 atom stereocenters. The average Bonchev–Trinajstić information content (AvgIpc) is 1.52. The van der Waals surface area contributed by atoms with Gasteiger partial charge in [0.2, 0.25) is 0 Å². The molecule has 4 aliphatic carbocycles. The Morgan fingerprint density at radius 1 is 0.195 bits per heavy atom. The number of fused-ring (bicyclic) bond motifs is 16. The third-order valence-corrected chi connectivity index (χ3v) is 19.9. The van der Waals surface area contributed by atoms with E-state index in [1.54, 1.807) is 0 Å². The van der Waals surface area contributed by atoms with Crippen LogP contribution in [0.3, 0.4) is 0 Å². The van der Waals surface area contributed by atoms with Crippen LogP contribution in [0.1, 0.15) is 72.2 Å². The highest BCUT2D eigenvalue weighted by Crippen LogP contribution is 2.65. The summed E-state index contributed by atoms with van der Waals surface area (Å²) in [4.78, 5) is 5.04. The number of hydrogen-bond acceptors (Lipinski definition) is 2. The Hall–Kier alpha value is -10.5. The van der Waals surface area contributed by atoms with Gasteiger partial charge in [-0.15, -0.1) is 0 Å². The van der Waals surface area contributed by atoms with Crippen molar-refractivity contribution in [1.82, 2.24) is 0 Å². The molecule has 13 aromatic carbocycles. The summed E-state index contributed by atoms with van der Waals surface area (Å²) in [5.74, 6) is 0. The van der Waals surface area contributed by atoms with Gasteiger partial charge in [-0.2, -0.15) is 0 Å². The Kier molecular flexibility index (Phi) is 11.3. The maximum absolute atomic E-state index is 2.52. The maximum Gasteiger partial charge on any atom is 0.0731 e. The Balaban J connectivity index is 0.960. The van der Waals surface area contributed by atoms with Crippen molar-refractivity contribution < 1.29 is 0 Å². The molecule has 0 unspecified atom stereocenters. The van der Waals surface area contributed by atoms with Crippen molar-refractivity contribution in [2.24, 2.45) is 0 Å². The minimum Gasteiger partial charge on any atom is -0.310 e. The van der Waals surface area contributed by atoms with Crippen molar-refractivity contribution in [3.8, 4) is 77.9 Å². The van der Waals surface area contributed by atoms with Crippen LogP contribution in [0.25, 0.3) is 77.9 Å². The van der Waals surface area contributed by atoms with E-state index in [2.05, 4.69) is 341 Å². The van der Waals surface area contributed by atoms with Gasteiger partial charge in [0.15, 0.2) is 0 Å². The standard InChI is InChI=1S/C85H62N2/c1-83(2)75-33-16-11-26-67(75)72-48-46-62(53-80(72)83)86(60-42-38-57(39-43-60)55-22-7-5-8-23-55)64-50-59(66-31-21-32-74-71-30-15-20-37-79(71)85(82(66)74)77-35-18-13-28-69(77)70-29-14-19-36-78(70)85)51-65(52-64)87(61-44-40-58(41-45-61)56-24-9-6-10-25-56)63-47-49-73-68-27-12-17-34-76(68)84(3,4)81(73)54-63/h5-54H,1-4H3. The zero-order valence-electron chi connectivity index (χ0n) is 49.3. The molecular weight excluding hydrogens is 1050 g/mol. The highest BCUT2D eigenvalue weighted by atomic mass is 15.2. The maximum atomic E-state index is 2.52. The van der Waals surface area contributed by atoms with Crippen LogP contribution in [0, 0.1) is 0 Å². The molecule has 0 fully saturated rings. The van der Waals surface area contributed by atoms with E-state index < -0.39 is 5.41 Å². The van der Waals surface area contributed by atoms with E-state index >= 15 is 0 Å². The average molecular weight is 1110 g/mol. The van der Waals surface area contributed by atoms with Gasteiger partial charge in [0, 0.05) is 45.0 Å². The van der Waals surface area contributed by atoms with E-state index in [9.17, 15) is 0 Å². The Bertz CT molecular complexity index is 4640. The molecule has 0 bridgehead atoms. The largest absolute Gasteiger partial charge is 0.310 e.